The molecule has 0 aliphatic carbocycles. The summed E-state index contributed by atoms with van der Waals surface area (Å²) in [4.78, 5) is 61.4. The van der Waals surface area contributed by atoms with Crippen molar-refractivity contribution in [3.05, 3.63) is 64.1 Å². The number of nitrogens with zero attached hydrogens (tertiary/aromatic N) is 2. The highest BCUT2D eigenvalue weighted by Crippen LogP contribution is 2.66. The van der Waals surface area contributed by atoms with E-state index in [0.717, 1.165) is 0 Å². The minimum absolute atomic E-state index is 0.0376. The van der Waals surface area contributed by atoms with Crippen molar-refractivity contribution in [1.29, 1.82) is 0 Å². The summed E-state index contributed by atoms with van der Waals surface area (Å²) < 4.78 is 57.9. The van der Waals surface area contributed by atoms with Gasteiger partial charge in [-0.05, 0) is 11.5 Å². The van der Waals surface area contributed by atoms with E-state index in [1.54, 1.807) is 12.1 Å². The molecule has 1 saturated heterocycles. The third kappa shape index (κ3) is 9.83. The van der Waals surface area contributed by atoms with E-state index in [-0.39, 0.29) is 30.1 Å². The molecule has 0 saturated carbocycles. The lowest BCUT2D eigenvalue weighted by molar-refractivity contribution is -0.386. The van der Waals surface area contributed by atoms with Gasteiger partial charge in [0.25, 0.3) is 11.6 Å². The second-order valence-corrected chi connectivity index (χ2v) is 15.1. The quantitative estimate of drug-likeness (QED) is 0.0986. The van der Waals surface area contributed by atoms with Crippen LogP contribution >= 0.6 is 23.5 Å². The van der Waals surface area contributed by atoms with E-state index in [2.05, 4.69) is 25.0 Å². The molecule has 3 rings (SSSR count). The Bertz CT molecular complexity index is 1460. The van der Waals surface area contributed by atoms with Crippen molar-refractivity contribution in [2.45, 2.75) is 51.7 Å². The van der Waals surface area contributed by atoms with Crippen LogP contribution in [0.3, 0.4) is 0 Å². The molecule has 246 valence electrons. The summed E-state index contributed by atoms with van der Waals surface area (Å²) in [5.74, 6) is -0.542. The maximum atomic E-state index is 12.7. The number of ether oxygens (including phenoxy) is 2. The van der Waals surface area contributed by atoms with Crippen LogP contribution in [0.2, 0.25) is 0 Å². The number of para-hydroxylation sites is 1. The molecule has 1 aromatic rings. The topological polar surface area (TPSA) is 274 Å². The van der Waals surface area contributed by atoms with Gasteiger partial charge in [-0.15, -0.1) is 0 Å². The zero-order chi connectivity index (χ0) is 33.3. The first-order valence-corrected chi connectivity index (χ1v) is 17.1. The minimum Gasteiger partial charge on any atom is -0.390 e. The predicted molar refractivity (Wildman–Crippen MR) is 148 cm³/mol. The van der Waals surface area contributed by atoms with Crippen LogP contribution < -0.4 is 5.32 Å². The number of nitrogens with one attached hydrogen (secondary N) is 1. The standard InChI is InChI=1S/C22H32N3O16P3/c1-13-23-21(27)14(11-37-20(22(2,3)4)15-7-5-6-8-16(15)25(28)29)10-24(13)19-9-17(26)18(39-19)12-38-43(33,34)41-44(35,36)40-42(30,31)32/h5-8,10,17-20,26H,1,9,11-12H2,2-4H3,(H,23,27)(H,33,34)(H,35,36)(H2,30,31,32)/t17-,18-,19-,20+/m1/s1. The van der Waals surface area contributed by atoms with Gasteiger partial charge in [0.05, 0.1) is 41.5 Å². The number of rotatable bonds is 13. The van der Waals surface area contributed by atoms with Crippen molar-refractivity contribution in [3.8, 4) is 0 Å². The molecule has 0 radical (unpaired) electrons. The molecule has 2 unspecified atom stereocenters. The Morgan fingerprint density at radius 1 is 1.16 bits per heavy atom. The number of nitro groups is 1. The van der Waals surface area contributed by atoms with Gasteiger partial charge in [0.1, 0.15) is 18.2 Å². The summed E-state index contributed by atoms with van der Waals surface area (Å²) in [5, 5.41) is 24.6. The Morgan fingerprint density at radius 2 is 1.80 bits per heavy atom. The Kier molecular flexibility index (Phi) is 11.1. The van der Waals surface area contributed by atoms with Gasteiger partial charge in [-0.25, -0.2) is 13.7 Å². The molecule has 1 amide bonds. The van der Waals surface area contributed by atoms with Crippen LogP contribution in [0.1, 0.15) is 38.9 Å². The number of hydrogen-bond donors (Lipinski definition) is 6. The molecule has 1 fully saturated rings. The smallest absolute Gasteiger partial charge is 0.390 e. The first-order chi connectivity index (χ1) is 20.1. The van der Waals surface area contributed by atoms with E-state index in [1.165, 1.54) is 23.2 Å². The number of aliphatic hydroxyl groups excluding tert-OH is 1. The van der Waals surface area contributed by atoms with Crippen LogP contribution in [0.25, 0.3) is 0 Å². The van der Waals surface area contributed by atoms with E-state index < -0.39 is 70.9 Å². The molecule has 6 atom stereocenters. The van der Waals surface area contributed by atoms with Crippen LogP contribution in [0.4, 0.5) is 5.69 Å². The fourth-order valence-corrected chi connectivity index (χ4v) is 7.33. The summed E-state index contributed by atoms with van der Waals surface area (Å²) in [6.45, 7) is 7.99. The Labute approximate surface area is 250 Å². The molecule has 2 heterocycles. The fourth-order valence-electron chi connectivity index (χ4n) is 4.30. The predicted octanol–water partition coefficient (Wildman–Crippen LogP) is 2.30. The number of carbonyl (C=O) groups is 1. The number of aliphatic hydroxyl groups is 1. The Hall–Kier alpha value is -2.34. The van der Waals surface area contributed by atoms with Crippen molar-refractivity contribution in [2.24, 2.45) is 5.41 Å². The number of carbonyl (C=O) groups excluding carboxylic acids is 1. The van der Waals surface area contributed by atoms with Gasteiger partial charge in [-0.2, -0.15) is 8.62 Å². The van der Waals surface area contributed by atoms with Gasteiger partial charge >= 0.3 is 23.5 Å². The van der Waals surface area contributed by atoms with Crippen molar-refractivity contribution in [2.75, 3.05) is 13.2 Å². The highest BCUT2D eigenvalue weighted by Gasteiger charge is 2.44. The average molecular weight is 687 g/mol. The van der Waals surface area contributed by atoms with E-state index in [1.807, 2.05) is 20.8 Å². The molecule has 0 aromatic heterocycles. The molecular formula is C22H32N3O16P3. The summed E-state index contributed by atoms with van der Waals surface area (Å²) in [7, 11) is -16.8. The van der Waals surface area contributed by atoms with Crippen LogP contribution in [0.5, 0.6) is 0 Å². The van der Waals surface area contributed by atoms with Crippen LogP contribution in [-0.4, -0.2) is 72.1 Å². The number of benzene rings is 1. The summed E-state index contributed by atoms with van der Waals surface area (Å²) in [6.07, 6.45) is -3.30. The zero-order valence-corrected chi connectivity index (χ0v) is 26.2. The van der Waals surface area contributed by atoms with E-state index in [4.69, 9.17) is 19.3 Å². The second kappa shape index (κ2) is 13.6. The van der Waals surface area contributed by atoms with Crippen molar-refractivity contribution >= 4 is 35.1 Å². The van der Waals surface area contributed by atoms with Crippen LogP contribution in [0.15, 0.2) is 48.4 Å². The summed E-state index contributed by atoms with van der Waals surface area (Å²) >= 11 is 0. The molecule has 6 N–H and O–H groups in total. The summed E-state index contributed by atoms with van der Waals surface area (Å²) in [5.41, 5.74) is -0.404. The van der Waals surface area contributed by atoms with Gasteiger partial charge in [-0.3, -0.25) is 19.4 Å². The average Bonchev–Trinajstić information content (AvgIpc) is 3.21. The maximum absolute atomic E-state index is 12.7. The largest absolute Gasteiger partial charge is 0.490 e. The van der Waals surface area contributed by atoms with Crippen molar-refractivity contribution in [3.63, 3.8) is 0 Å². The van der Waals surface area contributed by atoms with Crippen molar-refractivity contribution in [1.82, 2.24) is 10.2 Å². The van der Waals surface area contributed by atoms with Crippen LogP contribution in [-0.2, 0) is 41.1 Å². The molecule has 2 aliphatic heterocycles. The molecule has 0 bridgehead atoms. The normalized spacial score (nSPS) is 24.7. The van der Waals surface area contributed by atoms with Crippen molar-refractivity contribution < 1.29 is 70.7 Å². The molecule has 0 spiro atoms. The third-order valence-electron chi connectivity index (χ3n) is 6.10. The number of phosphoric acid groups is 3. The summed E-state index contributed by atoms with van der Waals surface area (Å²) in [6, 6.07) is 6.06. The molecular weight excluding hydrogens is 655 g/mol. The van der Waals surface area contributed by atoms with Gasteiger partial charge < -0.3 is 44.4 Å². The Morgan fingerprint density at radius 3 is 2.39 bits per heavy atom. The first kappa shape index (κ1) is 36.1. The van der Waals surface area contributed by atoms with E-state index in [9.17, 15) is 43.5 Å². The van der Waals surface area contributed by atoms with E-state index >= 15 is 0 Å². The zero-order valence-electron chi connectivity index (χ0n) is 23.5. The molecule has 44 heavy (non-hydrogen) atoms. The van der Waals surface area contributed by atoms with E-state index in [0.29, 0.717) is 5.56 Å². The van der Waals surface area contributed by atoms with Crippen LogP contribution in [0, 0.1) is 15.5 Å². The molecule has 19 nitrogen and oxygen atoms in total. The lowest BCUT2D eigenvalue weighted by Crippen LogP contribution is -2.44. The number of hydrogen-bond acceptors (Lipinski definition) is 13. The highest BCUT2D eigenvalue weighted by atomic mass is 31.3. The molecule has 22 heteroatoms. The minimum atomic E-state index is -5.74. The maximum Gasteiger partial charge on any atom is 0.490 e. The van der Waals surface area contributed by atoms with Gasteiger partial charge in [0, 0.05) is 18.7 Å². The number of phosphoric ester groups is 1. The number of amides is 1. The van der Waals surface area contributed by atoms with Gasteiger partial charge in [0.15, 0.2) is 0 Å². The Balaban J connectivity index is 1.71. The monoisotopic (exact) mass is 687 g/mol. The van der Waals surface area contributed by atoms with Gasteiger partial charge in [0.2, 0.25) is 0 Å². The highest BCUT2D eigenvalue weighted by molar-refractivity contribution is 7.66. The fraction of sp³-hybridized carbons (Fsp3) is 0.500. The SMILES string of the molecule is C=C1NC(=O)C(CO[C@@H](c2ccccc2[N+](=O)[O-])C(C)(C)C)=CN1[C@H]1C[C@@H](O)[C@@H](COP(=O)(O)OP(=O)(O)OP(=O)(O)O)O1. The first-order valence-electron chi connectivity index (χ1n) is 12.5. The second-order valence-electron chi connectivity index (χ2n) is 10.7. The molecule has 1 aromatic carbocycles. The lowest BCUT2D eigenvalue weighted by Gasteiger charge is -2.35. The van der Waals surface area contributed by atoms with Gasteiger partial charge in [-0.1, -0.05) is 39.5 Å². The lowest BCUT2D eigenvalue weighted by atomic mass is 9.84. The third-order valence-corrected chi connectivity index (χ3v) is 9.90. The molecule has 2 aliphatic rings. The number of nitro benzene ring substituents is 1.